The second-order valence-corrected chi connectivity index (χ2v) is 4.36. The molecule has 19 heavy (non-hydrogen) atoms. The third-order valence-electron chi connectivity index (χ3n) is 2.95. The van der Waals surface area contributed by atoms with Crippen LogP contribution in [0.25, 0.3) is 22.4 Å². The zero-order chi connectivity index (χ0) is 13.6. The molecule has 0 aliphatic heterocycles. The van der Waals surface area contributed by atoms with Crippen molar-refractivity contribution in [2.24, 2.45) is 0 Å². The van der Waals surface area contributed by atoms with E-state index in [4.69, 9.17) is 0 Å². The lowest BCUT2D eigenvalue weighted by atomic mass is 10.1. The Morgan fingerprint density at radius 1 is 1.16 bits per heavy atom. The Labute approximate surface area is 107 Å². The number of halogens is 2. The Bertz CT molecular complexity index is 780. The first kappa shape index (κ1) is 11.6. The molecule has 3 aromatic rings. The zero-order valence-electron chi connectivity index (χ0n) is 10.0. The number of aromatic amines is 1. The standard InChI is InChI=1S/C14H10F2N2O/c1-7-2-3-8(11(19)6-7)14-17-10-5-4-9(15)12(16)13(10)18-14/h2-6,19H,1H3,(H,17,18). The van der Waals surface area contributed by atoms with Gasteiger partial charge in [0.05, 0.1) is 11.1 Å². The predicted molar refractivity (Wildman–Crippen MR) is 67.8 cm³/mol. The summed E-state index contributed by atoms with van der Waals surface area (Å²) in [6.07, 6.45) is 0. The van der Waals surface area contributed by atoms with Crippen LogP contribution < -0.4 is 0 Å². The number of benzene rings is 2. The highest BCUT2D eigenvalue weighted by Gasteiger charge is 2.14. The van der Waals surface area contributed by atoms with Gasteiger partial charge in [-0.2, -0.15) is 0 Å². The van der Waals surface area contributed by atoms with E-state index in [0.717, 1.165) is 11.6 Å². The molecule has 96 valence electrons. The summed E-state index contributed by atoms with van der Waals surface area (Å²) in [6, 6.07) is 7.51. The summed E-state index contributed by atoms with van der Waals surface area (Å²) in [4.78, 5) is 6.87. The highest BCUT2D eigenvalue weighted by molar-refractivity contribution is 5.81. The van der Waals surface area contributed by atoms with Crippen molar-refractivity contribution in [3.05, 3.63) is 47.5 Å². The molecule has 1 heterocycles. The first-order valence-corrected chi connectivity index (χ1v) is 5.70. The van der Waals surface area contributed by atoms with Gasteiger partial charge < -0.3 is 10.1 Å². The molecule has 0 aliphatic rings. The van der Waals surface area contributed by atoms with E-state index in [9.17, 15) is 13.9 Å². The van der Waals surface area contributed by atoms with Gasteiger partial charge in [0, 0.05) is 0 Å². The molecule has 0 saturated carbocycles. The number of rotatable bonds is 1. The highest BCUT2D eigenvalue weighted by Crippen LogP contribution is 2.30. The van der Waals surface area contributed by atoms with Crippen LogP contribution in [-0.2, 0) is 0 Å². The number of aryl methyl sites for hydroxylation is 1. The quantitative estimate of drug-likeness (QED) is 0.703. The Balaban J connectivity index is 2.23. The maximum absolute atomic E-state index is 13.6. The van der Waals surface area contributed by atoms with Crippen LogP contribution in [0.1, 0.15) is 5.56 Å². The van der Waals surface area contributed by atoms with Crippen LogP contribution in [0.15, 0.2) is 30.3 Å². The van der Waals surface area contributed by atoms with Crippen molar-refractivity contribution in [1.82, 2.24) is 9.97 Å². The second kappa shape index (κ2) is 4.05. The van der Waals surface area contributed by atoms with E-state index in [2.05, 4.69) is 9.97 Å². The van der Waals surface area contributed by atoms with E-state index in [0.29, 0.717) is 16.9 Å². The van der Waals surface area contributed by atoms with Crippen molar-refractivity contribution in [2.45, 2.75) is 6.92 Å². The number of nitrogens with zero attached hydrogens (tertiary/aromatic N) is 1. The summed E-state index contributed by atoms with van der Waals surface area (Å²) in [5, 5.41) is 9.87. The molecule has 0 saturated heterocycles. The lowest BCUT2D eigenvalue weighted by Crippen LogP contribution is -1.85. The van der Waals surface area contributed by atoms with E-state index in [1.54, 1.807) is 18.2 Å². The number of phenols is 1. The van der Waals surface area contributed by atoms with Crippen molar-refractivity contribution in [3.8, 4) is 17.1 Å². The minimum Gasteiger partial charge on any atom is -0.507 e. The van der Waals surface area contributed by atoms with E-state index < -0.39 is 11.6 Å². The fourth-order valence-corrected chi connectivity index (χ4v) is 1.99. The largest absolute Gasteiger partial charge is 0.507 e. The van der Waals surface area contributed by atoms with Crippen molar-refractivity contribution in [1.29, 1.82) is 0 Å². The minimum absolute atomic E-state index is 0.0416. The van der Waals surface area contributed by atoms with Gasteiger partial charge in [-0.1, -0.05) is 6.07 Å². The van der Waals surface area contributed by atoms with Crippen molar-refractivity contribution in [3.63, 3.8) is 0 Å². The maximum Gasteiger partial charge on any atom is 0.186 e. The molecule has 0 radical (unpaired) electrons. The van der Waals surface area contributed by atoms with E-state index in [1.807, 2.05) is 6.92 Å². The van der Waals surface area contributed by atoms with Crippen LogP contribution in [0.4, 0.5) is 8.78 Å². The van der Waals surface area contributed by atoms with Crippen molar-refractivity contribution < 1.29 is 13.9 Å². The van der Waals surface area contributed by atoms with Crippen LogP contribution in [0.2, 0.25) is 0 Å². The van der Waals surface area contributed by atoms with Gasteiger partial charge in [0.25, 0.3) is 0 Å². The Morgan fingerprint density at radius 2 is 1.95 bits per heavy atom. The lowest BCUT2D eigenvalue weighted by molar-refractivity contribution is 0.476. The highest BCUT2D eigenvalue weighted by atomic mass is 19.2. The molecule has 3 nitrogen and oxygen atoms in total. The van der Waals surface area contributed by atoms with E-state index in [1.165, 1.54) is 6.07 Å². The van der Waals surface area contributed by atoms with Gasteiger partial charge >= 0.3 is 0 Å². The Morgan fingerprint density at radius 3 is 2.68 bits per heavy atom. The van der Waals surface area contributed by atoms with Gasteiger partial charge in [-0.3, -0.25) is 0 Å². The average molecular weight is 260 g/mol. The Kier molecular flexibility index (Phi) is 2.48. The predicted octanol–water partition coefficient (Wildman–Crippen LogP) is 3.52. The van der Waals surface area contributed by atoms with Crippen LogP contribution in [0.3, 0.4) is 0 Å². The first-order chi connectivity index (χ1) is 9.06. The van der Waals surface area contributed by atoms with Crippen LogP contribution in [-0.4, -0.2) is 15.1 Å². The molecule has 0 fully saturated rings. The number of phenolic OH excluding ortho intramolecular Hbond substituents is 1. The number of fused-ring (bicyclic) bond motifs is 1. The Hall–Kier alpha value is -2.43. The number of aromatic nitrogens is 2. The molecule has 0 bridgehead atoms. The summed E-state index contributed by atoms with van der Waals surface area (Å²) in [5.74, 6) is -1.60. The first-order valence-electron chi connectivity index (χ1n) is 5.70. The molecular weight excluding hydrogens is 250 g/mol. The molecule has 0 atom stereocenters. The summed E-state index contributed by atoms with van der Waals surface area (Å²) in [5.41, 5.74) is 1.65. The summed E-state index contributed by atoms with van der Waals surface area (Å²) in [7, 11) is 0. The van der Waals surface area contributed by atoms with Crippen LogP contribution in [0.5, 0.6) is 5.75 Å². The molecular formula is C14H10F2N2O. The molecule has 0 aliphatic carbocycles. The van der Waals surface area contributed by atoms with Gasteiger partial charge in [-0.15, -0.1) is 0 Å². The number of H-pyrrole nitrogens is 1. The molecule has 0 unspecified atom stereocenters. The molecule has 0 spiro atoms. The van der Waals surface area contributed by atoms with Gasteiger partial charge in [0.2, 0.25) is 0 Å². The second-order valence-electron chi connectivity index (χ2n) is 4.36. The molecule has 3 rings (SSSR count). The number of hydrogen-bond acceptors (Lipinski definition) is 2. The average Bonchev–Trinajstić information content (AvgIpc) is 2.78. The monoisotopic (exact) mass is 260 g/mol. The number of hydrogen-bond donors (Lipinski definition) is 2. The van der Waals surface area contributed by atoms with Crippen LogP contribution in [0, 0.1) is 18.6 Å². The smallest absolute Gasteiger partial charge is 0.186 e. The molecule has 2 aromatic carbocycles. The fraction of sp³-hybridized carbons (Fsp3) is 0.0714. The molecule has 1 aromatic heterocycles. The molecule has 2 N–H and O–H groups in total. The van der Waals surface area contributed by atoms with Gasteiger partial charge in [-0.05, 0) is 36.8 Å². The van der Waals surface area contributed by atoms with E-state index >= 15 is 0 Å². The number of aromatic hydroxyl groups is 1. The summed E-state index contributed by atoms with van der Waals surface area (Å²) >= 11 is 0. The van der Waals surface area contributed by atoms with Crippen molar-refractivity contribution >= 4 is 11.0 Å². The van der Waals surface area contributed by atoms with Gasteiger partial charge in [0.1, 0.15) is 17.1 Å². The topological polar surface area (TPSA) is 48.9 Å². The number of imidazole rings is 1. The van der Waals surface area contributed by atoms with Crippen LogP contribution >= 0.6 is 0 Å². The summed E-state index contributed by atoms with van der Waals surface area (Å²) < 4.78 is 26.7. The lowest BCUT2D eigenvalue weighted by Gasteiger charge is -2.01. The molecule has 5 heteroatoms. The zero-order valence-corrected chi connectivity index (χ0v) is 10.0. The molecule has 0 amide bonds. The van der Waals surface area contributed by atoms with E-state index in [-0.39, 0.29) is 11.3 Å². The van der Waals surface area contributed by atoms with Gasteiger partial charge in [-0.25, -0.2) is 13.8 Å². The minimum atomic E-state index is -0.994. The normalized spacial score (nSPS) is 11.1. The third-order valence-corrected chi connectivity index (χ3v) is 2.95. The fourth-order valence-electron chi connectivity index (χ4n) is 1.99. The third kappa shape index (κ3) is 1.83. The van der Waals surface area contributed by atoms with Gasteiger partial charge in [0.15, 0.2) is 11.6 Å². The summed E-state index contributed by atoms with van der Waals surface area (Å²) in [6.45, 7) is 1.84. The number of nitrogens with one attached hydrogen (secondary N) is 1. The maximum atomic E-state index is 13.6. The van der Waals surface area contributed by atoms with Crippen molar-refractivity contribution in [2.75, 3.05) is 0 Å². The SMILES string of the molecule is Cc1ccc(-c2nc3c(F)c(F)ccc3[nH]2)c(O)c1.